The van der Waals surface area contributed by atoms with Gasteiger partial charge in [0, 0.05) is 0 Å². The van der Waals surface area contributed by atoms with Gasteiger partial charge in [-0.25, -0.2) is 0 Å². The van der Waals surface area contributed by atoms with Gasteiger partial charge in [0.1, 0.15) is 0 Å². The molecule has 1 aliphatic heterocycles. The first-order valence-corrected chi connectivity index (χ1v) is 6.37. The molecule has 0 fully saturated rings. The number of nitrogens with zero attached hydrogens (tertiary/aromatic N) is 1. The number of hydrogen-bond acceptors (Lipinski definition) is 2. The van der Waals surface area contributed by atoms with Gasteiger partial charge in [0.2, 0.25) is 0 Å². The Morgan fingerprint density at radius 3 is 2.89 bits per heavy atom. The molecule has 18 heavy (non-hydrogen) atoms. The van der Waals surface area contributed by atoms with Gasteiger partial charge < -0.3 is 0 Å². The van der Waals surface area contributed by atoms with Crippen molar-refractivity contribution < 1.29 is 19.8 Å². The molecule has 0 amide bonds. The molecular weight excluding hydrogens is 269 g/mol. The predicted molar refractivity (Wildman–Crippen MR) is 72.8 cm³/mol. The third kappa shape index (κ3) is 2.73. The third-order valence-electron chi connectivity index (χ3n) is 2.68. The fraction of sp³-hybridized carbons (Fsp3) is 0.267. The molecule has 0 radical (unpaired) electrons. The molecule has 1 aromatic rings. The summed E-state index contributed by atoms with van der Waals surface area (Å²) in [6, 6.07) is 7.99. The molecule has 98 valence electrons. The van der Waals surface area contributed by atoms with Crippen LogP contribution in [0.3, 0.4) is 0 Å². The summed E-state index contributed by atoms with van der Waals surface area (Å²) in [6.07, 6.45) is 5.51. The Labute approximate surface area is 116 Å². The Bertz CT molecular complexity index is 505. The van der Waals surface area contributed by atoms with Crippen molar-refractivity contribution in [2.45, 2.75) is 19.4 Å². The number of para-hydroxylation sites is 2. The minimum absolute atomic E-state index is 0.243. The maximum atomic E-state index is 5.96. The number of rotatable bonds is 3. The van der Waals surface area contributed by atoms with Gasteiger partial charge in [-0.2, -0.15) is 0 Å². The van der Waals surface area contributed by atoms with E-state index in [-0.39, 0.29) is 5.60 Å². The summed E-state index contributed by atoms with van der Waals surface area (Å²) in [6.45, 7) is 8.56. The normalized spacial score (nSPS) is 17.2. The van der Waals surface area contributed by atoms with E-state index in [4.69, 9.17) is 19.8 Å². The minimum atomic E-state index is -0.243. The van der Waals surface area contributed by atoms with Crippen LogP contribution in [0.2, 0.25) is 0 Å². The van der Waals surface area contributed by atoms with Gasteiger partial charge in [-0.3, -0.25) is 0 Å². The number of fused-ring (bicyclic) bond motifs is 1. The van der Waals surface area contributed by atoms with Crippen LogP contribution in [0.1, 0.15) is 13.8 Å². The second-order valence-corrected chi connectivity index (χ2v) is 5.31. The van der Waals surface area contributed by atoms with E-state index in [1.165, 1.54) is 0 Å². The molecule has 2 rings (SSSR count). The van der Waals surface area contributed by atoms with Crippen molar-refractivity contribution in [2.24, 2.45) is 0 Å². The summed E-state index contributed by atoms with van der Waals surface area (Å²) in [5.41, 5.74) is 0.791. The van der Waals surface area contributed by atoms with Gasteiger partial charge >= 0.3 is 116 Å². The molecule has 0 aromatic heterocycles. The standard InChI is InChI=1S/C15H17NO.Ni/c1-4-5-8-11-16-12-15(2,3)17-14-10-7-6-9-13(14)16;/h4-10H,1,12H2,2-3H3;/b8-5-;. The van der Waals surface area contributed by atoms with Crippen molar-refractivity contribution in [1.82, 2.24) is 0 Å². The molecule has 1 heterocycles. The summed E-state index contributed by atoms with van der Waals surface area (Å²) in [4.78, 5) is 2.12. The molecule has 0 N–H and O–H groups in total. The zero-order valence-corrected chi connectivity index (χ0v) is 11.6. The summed E-state index contributed by atoms with van der Waals surface area (Å²) in [7, 11) is 0. The Hall–Kier alpha value is -1.34. The fourth-order valence-electron chi connectivity index (χ4n) is 1.97. The van der Waals surface area contributed by atoms with Crippen LogP contribution in [0.15, 0.2) is 49.1 Å². The van der Waals surface area contributed by atoms with Crippen molar-refractivity contribution in [3.05, 3.63) is 49.1 Å². The van der Waals surface area contributed by atoms with Gasteiger partial charge in [0.25, 0.3) is 0 Å². The van der Waals surface area contributed by atoms with E-state index in [9.17, 15) is 0 Å². The topological polar surface area (TPSA) is 12.5 Å². The molecule has 3 heteroatoms. The van der Waals surface area contributed by atoms with Crippen LogP contribution in [0, 0.1) is 0 Å². The van der Waals surface area contributed by atoms with E-state index in [1.807, 2.05) is 36.4 Å². The first-order valence-electron chi connectivity index (χ1n) is 5.87. The molecule has 0 atom stereocenters. The van der Waals surface area contributed by atoms with Crippen LogP contribution in [-0.2, 0) is 15.0 Å². The molecule has 0 unspecified atom stereocenters. The second kappa shape index (κ2) is 5.11. The third-order valence-corrected chi connectivity index (χ3v) is 3.11. The fourth-order valence-corrected chi connectivity index (χ4v) is 2.26. The molecule has 2 nitrogen and oxygen atoms in total. The predicted octanol–water partition coefficient (Wildman–Crippen LogP) is 3.08. The summed E-state index contributed by atoms with van der Waals surface area (Å²) >= 11 is 5.12. The van der Waals surface area contributed by atoms with Gasteiger partial charge in [0.05, 0.1) is 0 Å². The number of hydrogen-bond donors (Lipinski definition) is 0. The number of allylic oxidation sites excluding steroid dienone is 2. The second-order valence-electron chi connectivity index (χ2n) is 4.80. The Morgan fingerprint density at radius 2 is 2.17 bits per heavy atom. The van der Waals surface area contributed by atoms with Gasteiger partial charge in [-0.1, -0.05) is 0 Å². The van der Waals surface area contributed by atoms with Crippen molar-refractivity contribution in [1.29, 1.82) is 0 Å². The van der Waals surface area contributed by atoms with Crippen molar-refractivity contribution in [3.8, 4) is 5.75 Å². The zero-order valence-electron chi connectivity index (χ0n) is 10.6. The van der Waals surface area contributed by atoms with Gasteiger partial charge in [-0.05, 0) is 0 Å². The van der Waals surface area contributed by atoms with Crippen molar-refractivity contribution in [3.63, 3.8) is 0 Å². The summed E-state index contributed by atoms with van der Waals surface area (Å²) in [5.74, 6) is 0.885. The van der Waals surface area contributed by atoms with Crippen LogP contribution >= 0.6 is 0 Å². The Morgan fingerprint density at radius 1 is 1.44 bits per heavy atom. The van der Waals surface area contributed by atoms with Crippen LogP contribution in [0.25, 0.3) is 0 Å². The van der Waals surface area contributed by atoms with Crippen LogP contribution in [0.4, 0.5) is 5.69 Å². The van der Waals surface area contributed by atoms with Crippen LogP contribution in [0.5, 0.6) is 5.75 Å². The molecule has 1 aliphatic rings. The van der Waals surface area contributed by atoms with Gasteiger partial charge in [0.15, 0.2) is 0 Å². The van der Waals surface area contributed by atoms with Gasteiger partial charge in [-0.15, -0.1) is 0 Å². The molecule has 0 bridgehead atoms. The average Bonchev–Trinajstić information content (AvgIpc) is 2.33. The summed E-state index contributed by atoms with van der Waals surface area (Å²) < 4.78 is 6.78. The summed E-state index contributed by atoms with van der Waals surface area (Å²) in [5, 5.41) is 0. The average molecular weight is 286 g/mol. The maximum absolute atomic E-state index is 5.96. The molecule has 0 saturated carbocycles. The van der Waals surface area contributed by atoms with Crippen LogP contribution < -0.4 is 9.64 Å². The first-order chi connectivity index (χ1) is 8.53. The van der Waals surface area contributed by atoms with E-state index in [0.717, 1.165) is 22.6 Å². The van der Waals surface area contributed by atoms with Crippen molar-refractivity contribution in [2.75, 3.05) is 11.4 Å². The molecule has 1 aromatic carbocycles. The number of benzene rings is 1. The Kier molecular flexibility index (Phi) is 3.72. The van der Waals surface area contributed by atoms with E-state index in [2.05, 4.69) is 25.3 Å². The van der Waals surface area contributed by atoms with E-state index in [1.54, 1.807) is 6.08 Å². The molecular formula is C15H17NNiO. The molecule has 0 aliphatic carbocycles. The van der Waals surface area contributed by atoms with Crippen LogP contribution in [-0.4, -0.2) is 16.8 Å². The van der Waals surface area contributed by atoms with E-state index >= 15 is 0 Å². The van der Waals surface area contributed by atoms with Crippen molar-refractivity contribution >= 4 is 10.3 Å². The number of anilines is 1. The molecule has 0 saturated heterocycles. The zero-order chi connectivity index (χ0) is 13.2. The number of ether oxygens (including phenoxy) is 1. The monoisotopic (exact) mass is 285 g/mol. The SMILES string of the molecule is C=C/C=C\[C](=[Ni])N1CC(C)(C)Oc2ccccc21. The quantitative estimate of drug-likeness (QED) is 0.625. The molecule has 0 spiro atoms. The van der Waals surface area contributed by atoms with E-state index < -0.39 is 0 Å². The Balaban J connectivity index is 2.38. The van der Waals surface area contributed by atoms with E-state index in [0.29, 0.717) is 0 Å². The first kappa shape index (κ1) is 13.1.